The average Bonchev–Trinajstić information content (AvgIpc) is 2.91. The first-order valence-corrected chi connectivity index (χ1v) is 13.3. The van der Waals surface area contributed by atoms with Crippen LogP contribution >= 0.6 is 0 Å². The molecule has 3 rings (SSSR count). The number of nitrogens with two attached hydrogens (primary N) is 3. The van der Waals surface area contributed by atoms with E-state index in [1.807, 2.05) is 37.4 Å². The SMILES string of the molecule is C[N+](CCN)(CCN)CC[C@H](N)C(=O)N[C@H](Cc1ccc(C(F)(F)F)cc1)C(=O)Cc1cnc2ccccc2c1. The molecule has 1 aromatic heterocycles. The number of carbonyl (C=O) groups is 2. The molecule has 1 heterocycles. The maximum Gasteiger partial charge on any atom is 0.416 e. The molecule has 216 valence electrons. The van der Waals surface area contributed by atoms with E-state index in [0.717, 1.165) is 23.0 Å². The second-order valence-corrected chi connectivity index (χ2v) is 10.4. The third-order valence-corrected chi connectivity index (χ3v) is 7.11. The van der Waals surface area contributed by atoms with E-state index in [0.29, 0.717) is 54.8 Å². The first-order valence-electron chi connectivity index (χ1n) is 13.3. The van der Waals surface area contributed by atoms with Gasteiger partial charge in [0, 0.05) is 37.5 Å². The smallest absolute Gasteiger partial charge is 0.345 e. The Morgan fingerprint density at radius 3 is 2.25 bits per heavy atom. The van der Waals surface area contributed by atoms with Gasteiger partial charge in [0.05, 0.1) is 49.8 Å². The lowest BCUT2D eigenvalue weighted by Crippen LogP contribution is -2.54. The summed E-state index contributed by atoms with van der Waals surface area (Å²) in [5, 5.41) is 3.62. The number of benzene rings is 2. The van der Waals surface area contributed by atoms with Gasteiger partial charge >= 0.3 is 6.18 Å². The molecule has 2 atom stereocenters. The topological polar surface area (TPSA) is 137 Å². The van der Waals surface area contributed by atoms with Gasteiger partial charge in [-0.3, -0.25) is 14.6 Å². The second kappa shape index (κ2) is 13.8. The van der Waals surface area contributed by atoms with Crippen LogP contribution < -0.4 is 22.5 Å². The number of halogens is 3. The number of hydrogen-bond acceptors (Lipinski definition) is 6. The van der Waals surface area contributed by atoms with Crippen molar-refractivity contribution in [2.75, 3.05) is 39.8 Å². The van der Waals surface area contributed by atoms with E-state index in [2.05, 4.69) is 10.3 Å². The van der Waals surface area contributed by atoms with Crippen molar-refractivity contribution in [3.05, 3.63) is 77.5 Å². The van der Waals surface area contributed by atoms with Gasteiger partial charge in [0.25, 0.3) is 0 Å². The van der Waals surface area contributed by atoms with Crippen molar-refractivity contribution in [1.29, 1.82) is 0 Å². The first-order chi connectivity index (χ1) is 18.9. The number of nitrogens with one attached hydrogen (secondary N) is 1. The van der Waals surface area contributed by atoms with Crippen molar-refractivity contribution in [2.24, 2.45) is 17.2 Å². The van der Waals surface area contributed by atoms with E-state index >= 15 is 0 Å². The molecular weight excluding hydrogens is 521 g/mol. The van der Waals surface area contributed by atoms with Crippen LogP contribution in [0.1, 0.15) is 23.1 Å². The number of fused-ring (bicyclic) bond motifs is 1. The molecule has 2 aromatic carbocycles. The summed E-state index contributed by atoms with van der Waals surface area (Å²) in [4.78, 5) is 30.9. The number of Topliss-reactive ketones (excluding diaryl/α,β-unsaturated/α-hetero) is 1. The van der Waals surface area contributed by atoms with Crippen molar-refractivity contribution in [3.8, 4) is 0 Å². The fourth-order valence-electron chi connectivity index (χ4n) is 4.67. The third-order valence-electron chi connectivity index (χ3n) is 7.11. The summed E-state index contributed by atoms with van der Waals surface area (Å²) < 4.78 is 39.7. The van der Waals surface area contributed by atoms with Crippen molar-refractivity contribution in [2.45, 2.75) is 37.5 Å². The number of amides is 1. The van der Waals surface area contributed by atoms with Gasteiger partial charge in [-0.2, -0.15) is 13.2 Å². The Balaban J connectivity index is 1.76. The Morgan fingerprint density at radius 2 is 1.62 bits per heavy atom. The van der Waals surface area contributed by atoms with Gasteiger partial charge in [-0.1, -0.05) is 30.3 Å². The second-order valence-electron chi connectivity index (χ2n) is 10.4. The molecule has 0 unspecified atom stereocenters. The highest BCUT2D eigenvalue weighted by molar-refractivity contribution is 5.92. The van der Waals surface area contributed by atoms with E-state index in [1.165, 1.54) is 12.1 Å². The number of rotatable bonds is 14. The molecule has 0 aliphatic rings. The van der Waals surface area contributed by atoms with Gasteiger partial charge in [-0.05, 0) is 41.8 Å². The lowest BCUT2D eigenvalue weighted by atomic mass is 9.96. The highest BCUT2D eigenvalue weighted by Gasteiger charge is 2.31. The number of ketones is 1. The first kappa shape index (κ1) is 31.2. The van der Waals surface area contributed by atoms with Crippen molar-refractivity contribution in [3.63, 3.8) is 0 Å². The number of para-hydroxylation sites is 1. The number of carbonyl (C=O) groups excluding carboxylic acids is 2. The van der Waals surface area contributed by atoms with E-state index in [9.17, 15) is 22.8 Å². The molecule has 0 saturated heterocycles. The number of likely N-dealkylation sites (N-methyl/N-ethyl adjacent to an activating group) is 1. The Labute approximate surface area is 232 Å². The van der Waals surface area contributed by atoms with E-state index in [4.69, 9.17) is 17.2 Å². The predicted molar refractivity (Wildman–Crippen MR) is 149 cm³/mol. The van der Waals surface area contributed by atoms with Gasteiger partial charge in [0.2, 0.25) is 5.91 Å². The van der Waals surface area contributed by atoms with Crippen LogP contribution in [0, 0.1) is 0 Å². The molecule has 0 fully saturated rings. The minimum atomic E-state index is -4.47. The molecule has 0 radical (unpaired) electrons. The van der Waals surface area contributed by atoms with Crippen LogP contribution in [0.15, 0.2) is 60.8 Å². The van der Waals surface area contributed by atoms with Gasteiger partial charge in [-0.15, -0.1) is 0 Å². The van der Waals surface area contributed by atoms with Crippen LogP contribution in [0.5, 0.6) is 0 Å². The van der Waals surface area contributed by atoms with Crippen molar-refractivity contribution >= 4 is 22.6 Å². The molecule has 8 nitrogen and oxygen atoms in total. The molecule has 0 bridgehead atoms. The summed E-state index contributed by atoms with van der Waals surface area (Å²) in [5.41, 5.74) is 18.8. The summed E-state index contributed by atoms with van der Waals surface area (Å²) in [5.74, 6) is -0.807. The number of pyridine rings is 1. The van der Waals surface area contributed by atoms with Gasteiger partial charge in [-0.25, -0.2) is 0 Å². The average molecular weight is 560 g/mol. The van der Waals surface area contributed by atoms with Crippen LogP contribution in [-0.4, -0.2) is 73.0 Å². The minimum absolute atomic E-state index is 0.0133. The normalized spacial score (nSPS) is 13.7. The molecule has 0 spiro atoms. The highest BCUT2D eigenvalue weighted by atomic mass is 19.4. The molecule has 0 aliphatic heterocycles. The zero-order valence-electron chi connectivity index (χ0n) is 22.7. The van der Waals surface area contributed by atoms with Gasteiger partial charge < -0.3 is 27.0 Å². The summed E-state index contributed by atoms with van der Waals surface area (Å²) in [6.07, 6.45) is -2.52. The Hall–Kier alpha value is -3.38. The summed E-state index contributed by atoms with van der Waals surface area (Å²) >= 11 is 0. The lowest BCUT2D eigenvalue weighted by molar-refractivity contribution is -0.907. The largest absolute Gasteiger partial charge is 0.416 e. The van der Waals surface area contributed by atoms with Gasteiger partial charge in [0.15, 0.2) is 5.78 Å². The Morgan fingerprint density at radius 1 is 0.975 bits per heavy atom. The highest BCUT2D eigenvalue weighted by Crippen LogP contribution is 2.29. The predicted octanol–water partition coefficient (Wildman–Crippen LogP) is 2.17. The fraction of sp³-hybridized carbons (Fsp3) is 0.414. The van der Waals surface area contributed by atoms with Crippen molar-refractivity contribution in [1.82, 2.24) is 10.3 Å². The van der Waals surface area contributed by atoms with Gasteiger partial charge in [0.1, 0.15) is 0 Å². The zero-order chi connectivity index (χ0) is 29.3. The molecule has 11 heteroatoms. The van der Waals surface area contributed by atoms with Crippen LogP contribution in [0.3, 0.4) is 0 Å². The Bertz CT molecular complexity index is 1280. The maximum atomic E-state index is 13.4. The zero-order valence-corrected chi connectivity index (χ0v) is 22.7. The number of nitrogens with zero attached hydrogens (tertiary/aromatic N) is 2. The molecular formula is C29H38F3N6O2+. The fourth-order valence-corrected chi connectivity index (χ4v) is 4.67. The molecule has 0 aliphatic carbocycles. The van der Waals surface area contributed by atoms with Crippen LogP contribution in [0.4, 0.5) is 13.2 Å². The molecule has 0 saturated carbocycles. The Kier molecular flexibility index (Phi) is 10.7. The van der Waals surface area contributed by atoms with E-state index < -0.39 is 29.7 Å². The molecule has 7 N–H and O–H groups in total. The van der Waals surface area contributed by atoms with Crippen LogP contribution in [-0.2, 0) is 28.6 Å². The molecule has 3 aromatic rings. The monoisotopic (exact) mass is 559 g/mol. The number of hydrogen-bond donors (Lipinski definition) is 4. The van der Waals surface area contributed by atoms with E-state index in [1.54, 1.807) is 6.20 Å². The van der Waals surface area contributed by atoms with Crippen molar-refractivity contribution < 1.29 is 27.2 Å². The maximum absolute atomic E-state index is 13.4. The third kappa shape index (κ3) is 8.82. The summed E-state index contributed by atoms with van der Waals surface area (Å²) in [6, 6.07) is 12.0. The van der Waals surface area contributed by atoms with Crippen LogP contribution in [0.2, 0.25) is 0 Å². The molecule has 40 heavy (non-hydrogen) atoms. The molecule has 1 amide bonds. The summed E-state index contributed by atoms with van der Waals surface area (Å²) in [6.45, 7) is 2.86. The van der Waals surface area contributed by atoms with E-state index in [-0.39, 0.29) is 18.6 Å². The number of aromatic nitrogens is 1. The summed E-state index contributed by atoms with van der Waals surface area (Å²) in [7, 11) is 2.00. The van der Waals surface area contributed by atoms with Crippen LogP contribution in [0.25, 0.3) is 10.9 Å². The number of alkyl halides is 3. The number of quaternary nitrogens is 1. The minimum Gasteiger partial charge on any atom is -0.345 e. The standard InChI is InChI=1S/C29H37F3N6O2/c1-38(14-11-33,15-12-34)13-10-24(35)28(40)37-26(17-20-6-8-23(9-7-20)29(30,31)32)27(39)18-21-16-22-4-2-3-5-25(22)36-19-21/h2-9,16,19,24,26H,10-15,17-18,33-35H2,1H3/p+1/t24-,26+/m0/s1. The quantitative estimate of drug-likeness (QED) is 0.224. The lowest BCUT2D eigenvalue weighted by Gasteiger charge is -2.34.